The van der Waals surface area contributed by atoms with E-state index in [1.807, 2.05) is 0 Å². The van der Waals surface area contributed by atoms with E-state index in [1.54, 1.807) is 4.90 Å². The Labute approximate surface area is 173 Å². The molecule has 158 valence electrons. The van der Waals surface area contributed by atoms with Crippen LogP contribution in [0.3, 0.4) is 0 Å². The van der Waals surface area contributed by atoms with Gasteiger partial charge in [0, 0.05) is 30.5 Å². The van der Waals surface area contributed by atoms with Crippen molar-refractivity contribution in [2.45, 2.75) is 5.92 Å². The largest absolute Gasteiger partial charge is 0.425 e. The van der Waals surface area contributed by atoms with Crippen LogP contribution in [0.5, 0.6) is 0 Å². The molecule has 30 heavy (non-hydrogen) atoms. The lowest BCUT2D eigenvalue weighted by molar-refractivity contribution is -0.128. The summed E-state index contributed by atoms with van der Waals surface area (Å²) < 4.78 is 39.8. The van der Waals surface area contributed by atoms with E-state index in [9.17, 15) is 18.4 Å². The van der Waals surface area contributed by atoms with Crippen molar-refractivity contribution >= 4 is 40.2 Å². The monoisotopic (exact) mass is 439 g/mol. The number of anilines is 2. The predicted molar refractivity (Wildman–Crippen MR) is 106 cm³/mol. The Balaban J connectivity index is 1.50. The first-order valence-corrected chi connectivity index (χ1v) is 9.33. The number of aromatic nitrogens is 3. The Morgan fingerprint density at radius 3 is 2.77 bits per heavy atom. The summed E-state index contributed by atoms with van der Waals surface area (Å²) in [7, 11) is 0. The van der Waals surface area contributed by atoms with Crippen molar-refractivity contribution < 1.29 is 18.4 Å². The van der Waals surface area contributed by atoms with Gasteiger partial charge in [-0.25, -0.2) is 18.2 Å². The standard InChI is InChI=1S/C18H17ClF3N7O/c19-12-7-10(1-2-13(12)20)26-15(23)11-3-4-24-16-14(11)29(30)17(27-16)25-5-6-28-8-18(21,22)9-28/h1-4,7,30H,5-6,8-9H2,(H2,23,26)(H,24,25,27). The number of likely N-dealkylation sites (tertiary alicyclic amines) is 1. The maximum absolute atomic E-state index is 13.3. The molecular weight excluding hydrogens is 423 g/mol. The van der Waals surface area contributed by atoms with E-state index in [1.165, 1.54) is 30.5 Å². The van der Waals surface area contributed by atoms with Gasteiger partial charge in [0.05, 0.1) is 18.1 Å². The number of hydrogen-bond acceptors (Lipinski definition) is 6. The van der Waals surface area contributed by atoms with Gasteiger partial charge >= 0.3 is 0 Å². The third-order valence-electron chi connectivity index (χ3n) is 4.61. The van der Waals surface area contributed by atoms with Crippen LogP contribution in [0, 0.1) is 11.2 Å². The van der Waals surface area contributed by atoms with E-state index >= 15 is 0 Å². The summed E-state index contributed by atoms with van der Waals surface area (Å²) in [5, 5.41) is 24.4. The van der Waals surface area contributed by atoms with E-state index in [2.05, 4.69) is 20.6 Å². The Kier molecular flexibility index (Phi) is 5.16. The highest BCUT2D eigenvalue weighted by Gasteiger charge is 2.43. The smallest absolute Gasteiger partial charge is 0.272 e. The van der Waals surface area contributed by atoms with Crippen LogP contribution >= 0.6 is 11.6 Å². The third-order valence-corrected chi connectivity index (χ3v) is 4.90. The molecule has 3 aromatic rings. The average Bonchev–Trinajstić information content (AvgIpc) is 2.99. The van der Waals surface area contributed by atoms with Gasteiger partial charge in [0.15, 0.2) is 5.65 Å². The van der Waals surface area contributed by atoms with E-state index in [-0.39, 0.29) is 41.1 Å². The molecule has 3 heterocycles. The molecule has 12 heteroatoms. The van der Waals surface area contributed by atoms with Gasteiger partial charge < -0.3 is 15.8 Å². The molecule has 0 amide bonds. The van der Waals surface area contributed by atoms with Gasteiger partial charge in [0.1, 0.15) is 17.2 Å². The number of nitrogens with zero attached hydrogens (tertiary/aromatic N) is 4. The molecule has 1 aliphatic heterocycles. The molecule has 8 nitrogen and oxygen atoms in total. The lowest BCUT2D eigenvalue weighted by Crippen LogP contribution is -2.57. The van der Waals surface area contributed by atoms with Crippen molar-refractivity contribution in [3.63, 3.8) is 0 Å². The SMILES string of the molecule is N=C(Nc1ccc(F)c(Cl)c1)c1ccnc2nc(NCCN3CC(F)(F)C3)n(O)c12. The minimum atomic E-state index is -2.63. The molecule has 0 atom stereocenters. The number of hydrogen-bond donors (Lipinski definition) is 4. The summed E-state index contributed by atoms with van der Waals surface area (Å²) in [5.74, 6) is -3.22. The van der Waals surface area contributed by atoms with Gasteiger partial charge in [-0.05, 0) is 24.3 Å². The second kappa shape index (κ2) is 7.65. The fourth-order valence-corrected chi connectivity index (χ4v) is 3.36. The van der Waals surface area contributed by atoms with Crippen LogP contribution < -0.4 is 10.6 Å². The maximum Gasteiger partial charge on any atom is 0.272 e. The van der Waals surface area contributed by atoms with Gasteiger partial charge in [-0.1, -0.05) is 11.6 Å². The zero-order valence-corrected chi connectivity index (χ0v) is 16.2. The van der Waals surface area contributed by atoms with Crippen LogP contribution in [0.2, 0.25) is 5.02 Å². The van der Waals surface area contributed by atoms with Crippen LogP contribution in [0.1, 0.15) is 5.56 Å². The molecule has 1 aliphatic rings. The van der Waals surface area contributed by atoms with Crippen molar-refractivity contribution in [3.05, 3.63) is 46.9 Å². The highest BCUT2D eigenvalue weighted by Crippen LogP contribution is 2.26. The number of amidine groups is 1. The van der Waals surface area contributed by atoms with Gasteiger partial charge in [0.25, 0.3) is 5.92 Å². The van der Waals surface area contributed by atoms with Crippen LogP contribution in [-0.2, 0) is 0 Å². The van der Waals surface area contributed by atoms with E-state index in [0.717, 1.165) is 4.73 Å². The zero-order valence-electron chi connectivity index (χ0n) is 15.5. The molecule has 2 aromatic heterocycles. The second-order valence-electron chi connectivity index (χ2n) is 6.90. The normalized spacial score (nSPS) is 15.7. The molecule has 1 saturated heterocycles. The Morgan fingerprint density at radius 2 is 2.07 bits per heavy atom. The Morgan fingerprint density at radius 1 is 1.30 bits per heavy atom. The summed E-state index contributed by atoms with van der Waals surface area (Å²) in [5.41, 5.74) is 1.06. The van der Waals surface area contributed by atoms with Crippen LogP contribution in [-0.4, -0.2) is 62.7 Å². The number of fused-ring (bicyclic) bond motifs is 1. The number of nitrogens with one attached hydrogen (secondary N) is 3. The molecule has 1 aromatic carbocycles. The van der Waals surface area contributed by atoms with Gasteiger partial charge in [0.2, 0.25) is 5.95 Å². The lowest BCUT2D eigenvalue weighted by Gasteiger charge is -2.38. The van der Waals surface area contributed by atoms with Crippen molar-refractivity contribution in [2.75, 3.05) is 36.8 Å². The van der Waals surface area contributed by atoms with Crippen LogP contribution in [0.4, 0.5) is 24.8 Å². The van der Waals surface area contributed by atoms with Gasteiger partial charge in [-0.2, -0.15) is 4.98 Å². The van der Waals surface area contributed by atoms with Gasteiger partial charge in [-0.15, -0.1) is 4.73 Å². The molecule has 0 aliphatic carbocycles. The van der Waals surface area contributed by atoms with Gasteiger partial charge in [-0.3, -0.25) is 10.3 Å². The topological polar surface area (TPSA) is 102 Å². The number of halogens is 4. The van der Waals surface area contributed by atoms with E-state index in [0.29, 0.717) is 24.3 Å². The highest BCUT2D eigenvalue weighted by atomic mass is 35.5. The molecule has 0 radical (unpaired) electrons. The highest BCUT2D eigenvalue weighted by molar-refractivity contribution is 6.31. The zero-order chi connectivity index (χ0) is 21.5. The molecule has 4 rings (SSSR count). The molecule has 0 saturated carbocycles. The van der Waals surface area contributed by atoms with Crippen LogP contribution in [0.25, 0.3) is 11.2 Å². The molecular formula is C18H17ClF3N7O. The molecule has 0 bridgehead atoms. The number of rotatable bonds is 6. The quantitative estimate of drug-likeness (QED) is 0.267. The molecule has 4 N–H and O–H groups in total. The summed E-state index contributed by atoms with van der Waals surface area (Å²) in [6.07, 6.45) is 1.43. The van der Waals surface area contributed by atoms with Crippen molar-refractivity contribution in [2.24, 2.45) is 0 Å². The number of alkyl halides is 2. The minimum Gasteiger partial charge on any atom is -0.425 e. The summed E-state index contributed by atoms with van der Waals surface area (Å²) >= 11 is 5.77. The minimum absolute atomic E-state index is 0.0786. The average molecular weight is 440 g/mol. The van der Waals surface area contributed by atoms with E-state index < -0.39 is 11.7 Å². The Bertz CT molecular complexity index is 1110. The molecule has 1 fully saturated rings. The number of imidazole rings is 1. The van der Waals surface area contributed by atoms with Crippen molar-refractivity contribution in [3.8, 4) is 0 Å². The molecule has 0 unspecified atom stereocenters. The first-order valence-electron chi connectivity index (χ1n) is 8.95. The summed E-state index contributed by atoms with van der Waals surface area (Å²) in [4.78, 5) is 9.86. The van der Waals surface area contributed by atoms with Crippen molar-refractivity contribution in [1.82, 2.24) is 19.6 Å². The fraction of sp³-hybridized carbons (Fsp3) is 0.278. The summed E-state index contributed by atoms with van der Waals surface area (Å²) in [6.45, 7) is 0.0825. The number of pyridine rings is 1. The fourth-order valence-electron chi connectivity index (χ4n) is 3.18. The predicted octanol–water partition coefficient (Wildman–Crippen LogP) is 3.26. The van der Waals surface area contributed by atoms with Crippen molar-refractivity contribution in [1.29, 1.82) is 5.41 Å². The first-order chi connectivity index (χ1) is 14.2. The van der Waals surface area contributed by atoms with E-state index in [4.69, 9.17) is 17.0 Å². The Hall–Kier alpha value is -3.05. The van der Waals surface area contributed by atoms with Crippen LogP contribution in [0.15, 0.2) is 30.5 Å². The molecule has 0 spiro atoms. The second-order valence-corrected chi connectivity index (χ2v) is 7.31. The maximum atomic E-state index is 13.3. The first kappa shape index (κ1) is 20.2. The third kappa shape index (κ3) is 3.98. The lowest BCUT2D eigenvalue weighted by atomic mass is 10.1. The summed E-state index contributed by atoms with van der Waals surface area (Å²) in [6, 6.07) is 5.46. The number of benzene rings is 1.